The van der Waals surface area contributed by atoms with Gasteiger partial charge in [-0.05, 0) is 32.9 Å². The first-order chi connectivity index (χ1) is 9.65. The molecule has 112 valence electrons. The zero-order valence-corrected chi connectivity index (χ0v) is 13.2. The Balaban J connectivity index is 1.65. The predicted molar refractivity (Wildman–Crippen MR) is 85.9 cm³/mol. The Morgan fingerprint density at radius 2 is 2.05 bits per heavy atom. The highest BCUT2D eigenvalue weighted by atomic mass is 15.2. The smallest absolute Gasteiger partial charge is 0.0234 e. The van der Waals surface area contributed by atoms with Crippen LogP contribution >= 0.6 is 0 Å². The summed E-state index contributed by atoms with van der Waals surface area (Å²) in [5.74, 6) is 0. The molecule has 2 rings (SSSR count). The van der Waals surface area contributed by atoms with Gasteiger partial charge in [-0.15, -0.1) is 0 Å². The molecule has 0 spiro atoms. The molecular weight excluding hydrogens is 246 g/mol. The van der Waals surface area contributed by atoms with Crippen molar-refractivity contribution in [3.8, 4) is 0 Å². The lowest BCUT2D eigenvalue weighted by molar-refractivity contribution is 0.266. The van der Waals surface area contributed by atoms with Crippen LogP contribution in [-0.4, -0.2) is 55.1 Å². The van der Waals surface area contributed by atoms with Crippen LogP contribution in [0, 0.1) is 0 Å². The van der Waals surface area contributed by atoms with Gasteiger partial charge in [-0.1, -0.05) is 30.3 Å². The van der Waals surface area contributed by atoms with Gasteiger partial charge in [0.25, 0.3) is 0 Å². The van der Waals surface area contributed by atoms with E-state index in [-0.39, 0.29) is 0 Å². The molecule has 20 heavy (non-hydrogen) atoms. The molecule has 1 unspecified atom stereocenters. The SMILES string of the molecule is CC(C)N(C)CCNC1CCN(Cc2ccccc2)C1. The molecule has 1 aromatic rings. The molecule has 3 heteroatoms. The molecular formula is C17H29N3. The Morgan fingerprint density at radius 3 is 2.75 bits per heavy atom. The third-order valence-corrected chi connectivity index (χ3v) is 4.30. The van der Waals surface area contributed by atoms with Crippen molar-refractivity contribution < 1.29 is 0 Å². The Kier molecular flexibility index (Phi) is 6.02. The van der Waals surface area contributed by atoms with Crippen molar-refractivity contribution in [2.75, 3.05) is 33.2 Å². The topological polar surface area (TPSA) is 18.5 Å². The van der Waals surface area contributed by atoms with Crippen molar-refractivity contribution in [1.82, 2.24) is 15.1 Å². The fraction of sp³-hybridized carbons (Fsp3) is 0.647. The first kappa shape index (κ1) is 15.5. The summed E-state index contributed by atoms with van der Waals surface area (Å²) in [6, 6.07) is 12.1. The Labute approximate surface area is 124 Å². The van der Waals surface area contributed by atoms with Crippen LogP contribution in [0.15, 0.2) is 30.3 Å². The quantitative estimate of drug-likeness (QED) is 0.823. The molecule has 1 aliphatic heterocycles. The molecule has 1 aromatic carbocycles. The summed E-state index contributed by atoms with van der Waals surface area (Å²) in [7, 11) is 2.20. The van der Waals surface area contributed by atoms with Gasteiger partial charge in [-0.3, -0.25) is 4.90 Å². The lowest BCUT2D eigenvalue weighted by Crippen LogP contribution is -2.39. The van der Waals surface area contributed by atoms with E-state index in [1.165, 1.54) is 25.1 Å². The number of benzene rings is 1. The van der Waals surface area contributed by atoms with E-state index in [0.717, 1.165) is 19.6 Å². The molecule has 0 bridgehead atoms. The van der Waals surface area contributed by atoms with Crippen LogP contribution in [0.1, 0.15) is 25.8 Å². The van der Waals surface area contributed by atoms with Crippen LogP contribution < -0.4 is 5.32 Å². The summed E-state index contributed by atoms with van der Waals surface area (Å²) in [4.78, 5) is 4.95. The minimum atomic E-state index is 0.634. The van der Waals surface area contributed by atoms with Crippen molar-refractivity contribution in [2.45, 2.75) is 38.9 Å². The number of hydrogen-bond acceptors (Lipinski definition) is 3. The van der Waals surface area contributed by atoms with Gasteiger partial charge in [0.05, 0.1) is 0 Å². The van der Waals surface area contributed by atoms with Crippen LogP contribution in [0.5, 0.6) is 0 Å². The highest BCUT2D eigenvalue weighted by molar-refractivity contribution is 5.14. The maximum Gasteiger partial charge on any atom is 0.0234 e. The number of likely N-dealkylation sites (tertiary alicyclic amines) is 1. The number of nitrogens with zero attached hydrogens (tertiary/aromatic N) is 2. The van der Waals surface area contributed by atoms with Gasteiger partial charge in [0.2, 0.25) is 0 Å². The zero-order chi connectivity index (χ0) is 14.4. The van der Waals surface area contributed by atoms with Crippen molar-refractivity contribution in [1.29, 1.82) is 0 Å². The molecule has 1 fully saturated rings. The first-order valence-electron chi connectivity index (χ1n) is 7.85. The number of likely N-dealkylation sites (N-methyl/N-ethyl adjacent to an activating group) is 1. The predicted octanol–water partition coefficient (Wildman–Crippen LogP) is 2.19. The standard InChI is InChI=1S/C17H29N3/c1-15(2)19(3)12-10-18-17-9-11-20(14-17)13-16-7-5-4-6-8-16/h4-8,15,17-18H,9-14H2,1-3H3. The molecule has 1 atom stereocenters. The Morgan fingerprint density at radius 1 is 1.30 bits per heavy atom. The fourth-order valence-electron chi connectivity index (χ4n) is 2.69. The largest absolute Gasteiger partial charge is 0.311 e. The van der Waals surface area contributed by atoms with Gasteiger partial charge in [-0.2, -0.15) is 0 Å². The van der Waals surface area contributed by atoms with E-state index in [2.05, 4.69) is 66.3 Å². The van der Waals surface area contributed by atoms with E-state index in [1.54, 1.807) is 0 Å². The van der Waals surface area contributed by atoms with Gasteiger partial charge < -0.3 is 10.2 Å². The molecule has 0 saturated carbocycles. The van der Waals surface area contributed by atoms with Crippen LogP contribution in [0.3, 0.4) is 0 Å². The zero-order valence-electron chi connectivity index (χ0n) is 13.2. The van der Waals surface area contributed by atoms with Crippen molar-refractivity contribution >= 4 is 0 Å². The number of rotatable bonds is 7. The molecule has 3 nitrogen and oxygen atoms in total. The summed E-state index contributed by atoms with van der Waals surface area (Å²) in [5.41, 5.74) is 1.42. The average Bonchev–Trinajstić information content (AvgIpc) is 2.87. The molecule has 1 heterocycles. The van der Waals surface area contributed by atoms with Gasteiger partial charge in [0.1, 0.15) is 0 Å². The monoisotopic (exact) mass is 275 g/mol. The summed E-state index contributed by atoms with van der Waals surface area (Å²) >= 11 is 0. The molecule has 0 amide bonds. The van der Waals surface area contributed by atoms with E-state index < -0.39 is 0 Å². The molecule has 1 aliphatic rings. The van der Waals surface area contributed by atoms with Gasteiger partial charge in [-0.25, -0.2) is 0 Å². The van der Waals surface area contributed by atoms with E-state index >= 15 is 0 Å². The highest BCUT2D eigenvalue weighted by Gasteiger charge is 2.21. The van der Waals surface area contributed by atoms with Crippen LogP contribution in [0.2, 0.25) is 0 Å². The van der Waals surface area contributed by atoms with Crippen LogP contribution in [0.4, 0.5) is 0 Å². The highest BCUT2D eigenvalue weighted by Crippen LogP contribution is 2.13. The normalized spacial score (nSPS) is 20.1. The third kappa shape index (κ3) is 4.89. The second-order valence-electron chi connectivity index (χ2n) is 6.23. The van der Waals surface area contributed by atoms with Crippen molar-refractivity contribution in [3.05, 3.63) is 35.9 Å². The van der Waals surface area contributed by atoms with Crippen LogP contribution in [-0.2, 0) is 6.54 Å². The van der Waals surface area contributed by atoms with Crippen molar-refractivity contribution in [2.24, 2.45) is 0 Å². The van der Waals surface area contributed by atoms with Gasteiger partial charge in [0, 0.05) is 44.8 Å². The van der Waals surface area contributed by atoms with E-state index in [0.29, 0.717) is 12.1 Å². The Hall–Kier alpha value is -0.900. The maximum absolute atomic E-state index is 3.70. The van der Waals surface area contributed by atoms with Gasteiger partial charge in [0.15, 0.2) is 0 Å². The summed E-state index contributed by atoms with van der Waals surface area (Å²) in [5, 5.41) is 3.70. The fourth-order valence-corrected chi connectivity index (χ4v) is 2.69. The minimum Gasteiger partial charge on any atom is -0.311 e. The van der Waals surface area contributed by atoms with Gasteiger partial charge >= 0.3 is 0 Å². The molecule has 0 aromatic heterocycles. The molecule has 1 saturated heterocycles. The average molecular weight is 275 g/mol. The molecule has 0 aliphatic carbocycles. The first-order valence-corrected chi connectivity index (χ1v) is 7.85. The Bertz CT molecular complexity index is 377. The van der Waals surface area contributed by atoms with E-state index in [1.807, 2.05) is 0 Å². The lowest BCUT2D eigenvalue weighted by Gasteiger charge is -2.22. The minimum absolute atomic E-state index is 0.634. The number of hydrogen-bond donors (Lipinski definition) is 1. The van der Waals surface area contributed by atoms with Crippen molar-refractivity contribution in [3.63, 3.8) is 0 Å². The summed E-state index contributed by atoms with van der Waals surface area (Å²) < 4.78 is 0. The maximum atomic E-state index is 3.70. The third-order valence-electron chi connectivity index (χ3n) is 4.30. The molecule has 0 radical (unpaired) electrons. The summed E-state index contributed by atoms with van der Waals surface area (Å²) in [6.07, 6.45) is 1.28. The second kappa shape index (κ2) is 7.77. The lowest BCUT2D eigenvalue weighted by atomic mass is 10.2. The van der Waals surface area contributed by atoms with E-state index in [4.69, 9.17) is 0 Å². The van der Waals surface area contributed by atoms with E-state index in [9.17, 15) is 0 Å². The van der Waals surface area contributed by atoms with Crippen LogP contribution in [0.25, 0.3) is 0 Å². The second-order valence-corrected chi connectivity index (χ2v) is 6.23. The molecule has 1 N–H and O–H groups in total. The summed E-state index contributed by atoms with van der Waals surface area (Å²) in [6.45, 7) is 10.2. The number of nitrogens with one attached hydrogen (secondary N) is 1.